The molecule has 0 unspecified atom stereocenters. The fourth-order valence-corrected chi connectivity index (χ4v) is 1.79. The van der Waals surface area contributed by atoms with Crippen LogP contribution in [-0.2, 0) is 4.79 Å². The Morgan fingerprint density at radius 2 is 1.57 bits per heavy atom. The van der Waals surface area contributed by atoms with Gasteiger partial charge in [-0.05, 0) is 26.0 Å². The summed E-state index contributed by atoms with van der Waals surface area (Å²) in [5, 5.41) is 0. The molecule has 3 heteroatoms. The highest BCUT2D eigenvalue weighted by Crippen LogP contribution is 2.22. The monoisotopic (exact) mass is 280 g/mol. The van der Waals surface area contributed by atoms with E-state index in [1.807, 2.05) is 6.07 Å². The lowest BCUT2D eigenvalue weighted by Gasteiger charge is -2.09. The van der Waals surface area contributed by atoms with Crippen molar-refractivity contribution in [2.75, 3.05) is 0 Å². The molecular weight excluding hydrogens is 264 g/mol. The first-order valence-corrected chi connectivity index (χ1v) is 6.67. The lowest BCUT2D eigenvalue weighted by atomic mass is 10.0. The van der Waals surface area contributed by atoms with Gasteiger partial charge in [0, 0.05) is 11.1 Å². The molecule has 0 fully saturated rings. The van der Waals surface area contributed by atoms with Crippen molar-refractivity contribution in [3.05, 3.63) is 77.4 Å². The van der Waals surface area contributed by atoms with Gasteiger partial charge in [-0.1, -0.05) is 48.5 Å². The standard InChI is InChI=1S/C18H16O3/c1-3-13(2)18(20)21-16-12-8-7-11-15(16)17(19)14-9-5-4-6-10-14/h3-12H,1-2H3/b13-3+. The van der Waals surface area contributed by atoms with Gasteiger partial charge in [-0.2, -0.15) is 0 Å². The smallest absolute Gasteiger partial charge is 0.338 e. The molecule has 0 bridgehead atoms. The SMILES string of the molecule is C/C=C(\C)C(=O)Oc1ccccc1C(=O)c1ccccc1. The van der Waals surface area contributed by atoms with Crippen molar-refractivity contribution >= 4 is 11.8 Å². The molecule has 2 rings (SSSR count). The van der Waals surface area contributed by atoms with Gasteiger partial charge in [-0.15, -0.1) is 0 Å². The van der Waals surface area contributed by atoms with E-state index in [2.05, 4.69) is 0 Å². The summed E-state index contributed by atoms with van der Waals surface area (Å²) in [7, 11) is 0. The van der Waals surface area contributed by atoms with E-state index in [4.69, 9.17) is 4.74 Å². The first-order chi connectivity index (χ1) is 10.1. The number of benzene rings is 2. The van der Waals surface area contributed by atoms with E-state index in [0.717, 1.165) is 0 Å². The summed E-state index contributed by atoms with van der Waals surface area (Å²) in [4.78, 5) is 24.3. The number of ether oxygens (including phenoxy) is 1. The third kappa shape index (κ3) is 3.45. The minimum atomic E-state index is -0.453. The van der Waals surface area contributed by atoms with Gasteiger partial charge in [0.05, 0.1) is 5.56 Å². The zero-order chi connectivity index (χ0) is 15.2. The maximum atomic E-state index is 12.5. The molecule has 0 aliphatic heterocycles. The van der Waals surface area contributed by atoms with Crippen LogP contribution in [0.4, 0.5) is 0 Å². The van der Waals surface area contributed by atoms with Crippen molar-refractivity contribution < 1.29 is 14.3 Å². The van der Waals surface area contributed by atoms with Crippen LogP contribution in [0.2, 0.25) is 0 Å². The van der Waals surface area contributed by atoms with E-state index in [1.165, 1.54) is 0 Å². The van der Waals surface area contributed by atoms with Gasteiger partial charge in [-0.25, -0.2) is 4.79 Å². The summed E-state index contributed by atoms with van der Waals surface area (Å²) in [5.74, 6) is -0.347. The van der Waals surface area contributed by atoms with Crippen LogP contribution < -0.4 is 4.74 Å². The van der Waals surface area contributed by atoms with Crippen molar-refractivity contribution in [1.29, 1.82) is 0 Å². The quantitative estimate of drug-likeness (QED) is 0.370. The third-order valence-electron chi connectivity index (χ3n) is 3.13. The van der Waals surface area contributed by atoms with Crippen LogP contribution in [-0.4, -0.2) is 11.8 Å². The number of rotatable bonds is 4. The average molecular weight is 280 g/mol. The molecule has 106 valence electrons. The van der Waals surface area contributed by atoms with Crippen LogP contribution in [0.1, 0.15) is 29.8 Å². The van der Waals surface area contributed by atoms with Gasteiger partial charge in [0.2, 0.25) is 0 Å². The van der Waals surface area contributed by atoms with Crippen molar-refractivity contribution in [3.63, 3.8) is 0 Å². The van der Waals surface area contributed by atoms with Crippen molar-refractivity contribution in [3.8, 4) is 5.75 Å². The molecule has 0 saturated heterocycles. The lowest BCUT2D eigenvalue weighted by molar-refractivity contribution is -0.130. The van der Waals surface area contributed by atoms with Crippen LogP contribution in [0.3, 0.4) is 0 Å². The topological polar surface area (TPSA) is 43.4 Å². The van der Waals surface area contributed by atoms with Crippen LogP contribution in [0, 0.1) is 0 Å². The van der Waals surface area contributed by atoms with Gasteiger partial charge in [0.25, 0.3) is 0 Å². The van der Waals surface area contributed by atoms with Gasteiger partial charge < -0.3 is 4.74 Å². The zero-order valence-corrected chi connectivity index (χ0v) is 12.0. The van der Waals surface area contributed by atoms with E-state index in [-0.39, 0.29) is 11.5 Å². The van der Waals surface area contributed by atoms with E-state index in [9.17, 15) is 9.59 Å². The predicted molar refractivity (Wildman–Crippen MR) is 81.4 cm³/mol. The Balaban J connectivity index is 2.34. The van der Waals surface area contributed by atoms with Crippen LogP contribution >= 0.6 is 0 Å². The average Bonchev–Trinajstić information content (AvgIpc) is 2.54. The van der Waals surface area contributed by atoms with Gasteiger partial charge in [0.1, 0.15) is 5.75 Å². The fraction of sp³-hybridized carbons (Fsp3) is 0.111. The maximum absolute atomic E-state index is 12.5. The predicted octanol–water partition coefficient (Wildman–Crippen LogP) is 3.79. The first kappa shape index (κ1) is 14.7. The molecule has 0 aromatic heterocycles. The van der Waals surface area contributed by atoms with Crippen LogP contribution in [0.25, 0.3) is 0 Å². The van der Waals surface area contributed by atoms with E-state index < -0.39 is 5.97 Å². The molecule has 0 aliphatic rings. The number of carbonyl (C=O) groups is 2. The zero-order valence-electron chi connectivity index (χ0n) is 12.0. The Morgan fingerprint density at radius 1 is 0.952 bits per heavy atom. The molecule has 0 N–H and O–H groups in total. The van der Waals surface area contributed by atoms with E-state index in [0.29, 0.717) is 16.7 Å². The molecule has 0 atom stereocenters. The van der Waals surface area contributed by atoms with Crippen LogP contribution in [0.15, 0.2) is 66.2 Å². The van der Waals surface area contributed by atoms with Gasteiger partial charge in [0.15, 0.2) is 5.78 Å². The van der Waals surface area contributed by atoms with Crippen molar-refractivity contribution in [2.45, 2.75) is 13.8 Å². The molecule has 2 aromatic rings. The molecule has 2 aromatic carbocycles. The summed E-state index contributed by atoms with van der Waals surface area (Å²) in [6.45, 7) is 3.43. The fourth-order valence-electron chi connectivity index (χ4n) is 1.79. The Bertz CT molecular complexity index is 685. The summed E-state index contributed by atoms with van der Waals surface area (Å²) < 4.78 is 5.31. The third-order valence-corrected chi connectivity index (χ3v) is 3.13. The summed E-state index contributed by atoms with van der Waals surface area (Å²) >= 11 is 0. The molecule has 0 heterocycles. The number of esters is 1. The van der Waals surface area contributed by atoms with Crippen molar-refractivity contribution in [2.24, 2.45) is 0 Å². The normalized spacial score (nSPS) is 11.0. The second-order valence-corrected chi connectivity index (χ2v) is 4.55. The summed E-state index contributed by atoms with van der Waals surface area (Å²) in [6.07, 6.45) is 1.67. The molecule has 0 radical (unpaired) electrons. The number of allylic oxidation sites excluding steroid dienone is 1. The molecule has 0 spiro atoms. The van der Waals surface area contributed by atoms with Gasteiger partial charge >= 0.3 is 5.97 Å². The number of para-hydroxylation sites is 1. The first-order valence-electron chi connectivity index (χ1n) is 6.67. The molecule has 3 nitrogen and oxygen atoms in total. The largest absolute Gasteiger partial charge is 0.422 e. The number of carbonyl (C=O) groups excluding carboxylic acids is 2. The number of ketones is 1. The minimum Gasteiger partial charge on any atom is -0.422 e. The summed E-state index contributed by atoms with van der Waals surface area (Å²) in [6, 6.07) is 15.7. The highest BCUT2D eigenvalue weighted by Gasteiger charge is 2.16. The van der Waals surface area contributed by atoms with Gasteiger partial charge in [-0.3, -0.25) is 4.79 Å². The Labute approximate surface area is 123 Å². The van der Waals surface area contributed by atoms with Crippen molar-refractivity contribution in [1.82, 2.24) is 0 Å². The molecule has 0 aliphatic carbocycles. The Hall–Kier alpha value is -2.68. The molecule has 21 heavy (non-hydrogen) atoms. The minimum absolute atomic E-state index is 0.169. The summed E-state index contributed by atoms with van der Waals surface area (Å²) in [5.41, 5.74) is 1.43. The number of hydrogen-bond donors (Lipinski definition) is 0. The second kappa shape index (κ2) is 6.66. The Morgan fingerprint density at radius 3 is 2.24 bits per heavy atom. The molecule has 0 amide bonds. The molecular formula is C18H16O3. The Kier molecular flexibility index (Phi) is 4.67. The van der Waals surface area contributed by atoms with E-state index >= 15 is 0 Å². The van der Waals surface area contributed by atoms with Crippen LogP contribution in [0.5, 0.6) is 5.75 Å². The van der Waals surface area contributed by atoms with E-state index in [1.54, 1.807) is 68.5 Å². The highest BCUT2D eigenvalue weighted by molar-refractivity contribution is 6.11. The second-order valence-electron chi connectivity index (χ2n) is 4.55. The highest BCUT2D eigenvalue weighted by atomic mass is 16.5. The maximum Gasteiger partial charge on any atom is 0.338 e. The lowest BCUT2D eigenvalue weighted by Crippen LogP contribution is -2.12. The molecule has 0 saturated carbocycles. The number of hydrogen-bond acceptors (Lipinski definition) is 3.